The molecule has 6 nitrogen and oxygen atoms in total. The van der Waals surface area contributed by atoms with Crippen molar-refractivity contribution in [3.8, 4) is 0 Å². The highest BCUT2D eigenvalue weighted by molar-refractivity contribution is 7.20. The number of carbonyl (C=O) groups is 1. The standard InChI is InChI=1S/C16H12ClN5OS/c1-8-6-22-7-13(19-9(2)14(22)18-8)21-15(23)11-5-10-3-4-12(17)20-16(10)24-11/h3-7H,1-2H3,(H,21,23). The molecule has 4 heterocycles. The molecule has 0 aliphatic carbocycles. The lowest BCUT2D eigenvalue weighted by Crippen LogP contribution is -2.12. The van der Waals surface area contributed by atoms with Gasteiger partial charge in [0.15, 0.2) is 5.65 Å². The molecule has 0 saturated heterocycles. The lowest BCUT2D eigenvalue weighted by molar-refractivity contribution is 0.103. The van der Waals surface area contributed by atoms with Crippen LogP contribution in [0.25, 0.3) is 15.9 Å². The van der Waals surface area contributed by atoms with Gasteiger partial charge in [-0.1, -0.05) is 11.6 Å². The van der Waals surface area contributed by atoms with Crippen molar-refractivity contribution in [2.45, 2.75) is 13.8 Å². The van der Waals surface area contributed by atoms with Crippen molar-refractivity contribution < 1.29 is 4.79 Å². The van der Waals surface area contributed by atoms with Crippen molar-refractivity contribution in [1.29, 1.82) is 0 Å². The number of fused-ring (bicyclic) bond motifs is 2. The number of hydrogen-bond donors (Lipinski definition) is 1. The number of pyridine rings is 1. The topological polar surface area (TPSA) is 72.2 Å². The summed E-state index contributed by atoms with van der Waals surface area (Å²) in [5.41, 5.74) is 2.44. The van der Waals surface area contributed by atoms with Gasteiger partial charge in [-0.3, -0.25) is 4.79 Å². The van der Waals surface area contributed by atoms with Gasteiger partial charge in [0.25, 0.3) is 5.91 Å². The molecule has 0 atom stereocenters. The molecule has 0 aromatic carbocycles. The fourth-order valence-corrected chi connectivity index (χ4v) is 3.64. The molecule has 4 rings (SSSR count). The summed E-state index contributed by atoms with van der Waals surface area (Å²) >= 11 is 7.18. The molecule has 1 N–H and O–H groups in total. The van der Waals surface area contributed by atoms with Gasteiger partial charge in [0.1, 0.15) is 15.8 Å². The number of carbonyl (C=O) groups excluding carboxylic acids is 1. The Morgan fingerprint density at radius 3 is 2.88 bits per heavy atom. The molecule has 0 fully saturated rings. The van der Waals surface area contributed by atoms with E-state index in [4.69, 9.17) is 11.6 Å². The summed E-state index contributed by atoms with van der Waals surface area (Å²) in [7, 11) is 0. The van der Waals surface area contributed by atoms with E-state index in [1.807, 2.05) is 30.5 Å². The van der Waals surface area contributed by atoms with E-state index in [1.165, 1.54) is 11.3 Å². The molecular weight excluding hydrogens is 346 g/mol. The summed E-state index contributed by atoms with van der Waals surface area (Å²) in [5, 5.41) is 4.13. The average molecular weight is 358 g/mol. The van der Waals surface area contributed by atoms with Crippen LogP contribution in [-0.4, -0.2) is 25.3 Å². The second-order valence-electron chi connectivity index (χ2n) is 5.42. The number of thiophene rings is 1. The van der Waals surface area contributed by atoms with Crippen molar-refractivity contribution in [2.75, 3.05) is 5.32 Å². The monoisotopic (exact) mass is 357 g/mol. The number of imidazole rings is 1. The highest BCUT2D eigenvalue weighted by Gasteiger charge is 2.13. The first-order chi connectivity index (χ1) is 11.5. The molecule has 0 aliphatic heterocycles. The lowest BCUT2D eigenvalue weighted by atomic mass is 10.3. The molecule has 120 valence electrons. The maximum atomic E-state index is 12.5. The number of amides is 1. The summed E-state index contributed by atoms with van der Waals surface area (Å²) in [6, 6.07) is 5.35. The molecule has 0 saturated carbocycles. The zero-order chi connectivity index (χ0) is 16.8. The Kier molecular flexibility index (Phi) is 3.47. The fourth-order valence-electron chi connectivity index (χ4n) is 2.52. The van der Waals surface area contributed by atoms with Crippen LogP contribution in [0.5, 0.6) is 0 Å². The quantitative estimate of drug-likeness (QED) is 0.553. The van der Waals surface area contributed by atoms with Gasteiger partial charge in [-0.15, -0.1) is 11.3 Å². The van der Waals surface area contributed by atoms with Crippen molar-refractivity contribution in [1.82, 2.24) is 19.4 Å². The number of nitrogens with one attached hydrogen (secondary N) is 1. The molecule has 0 bridgehead atoms. The van der Waals surface area contributed by atoms with Crippen LogP contribution in [0, 0.1) is 13.8 Å². The fraction of sp³-hybridized carbons (Fsp3) is 0.125. The summed E-state index contributed by atoms with van der Waals surface area (Å²) < 4.78 is 1.86. The molecule has 0 unspecified atom stereocenters. The van der Waals surface area contributed by atoms with E-state index >= 15 is 0 Å². The summed E-state index contributed by atoms with van der Waals surface area (Å²) in [5.74, 6) is 0.253. The zero-order valence-electron chi connectivity index (χ0n) is 12.9. The Labute approximate surface area is 146 Å². The average Bonchev–Trinajstić information content (AvgIpc) is 3.09. The number of aryl methyl sites for hydroxylation is 2. The predicted molar refractivity (Wildman–Crippen MR) is 95.0 cm³/mol. The molecule has 0 spiro atoms. The van der Waals surface area contributed by atoms with Crippen LogP contribution in [0.15, 0.2) is 30.6 Å². The minimum atomic E-state index is -0.225. The third-order valence-corrected chi connectivity index (χ3v) is 4.79. The van der Waals surface area contributed by atoms with Gasteiger partial charge < -0.3 is 9.72 Å². The van der Waals surface area contributed by atoms with Gasteiger partial charge in [0.2, 0.25) is 0 Å². The van der Waals surface area contributed by atoms with Crippen LogP contribution in [0.2, 0.25) is 5.15 Å². The predicted octanol–water partition coefficient (Wildman–Crippen LogP) is 3.86. The van der Waals surface area contributed by atoms with Crippen molar-refractivity contribution in [3.05, 3.63) is 52.0 Å². The van der Waals surface area contributed by atoms with Gasteiger partial charge in [-0.25, -0.2) is 15.0 Å². The number of hydrogen-bond acceptors (Lipinski definition) is 5. The molecule has 4 aromatic heterocycles. The molecular formula is C16H12ClN5OS. The molecule has 24 heavy (non-hydrogen) atoms. The molecule has 1 amide bonds. The highest BCUT2D eigenvalue weighted by Crippen LogP contribution is 2.26. The first-order valence-corrected chi connectivity index (χ1v) is 8.39. The second-order valence-corrected chi connectivity index (χ2v) is 6.84. The Morgan fingerprint density at radius 2 is 2.04 bits per heavy atom. The Hall–Kier alpha value is -2.51. The normalized spacial score (nSPS) is 11.3. The summed E-state index contributed by atoms with van der Waals surface area (Å²) in [4.78, 5) is 26.8. The van der Waals surface area contributed by atoms with Crippen LogP contribution < -0.4 is 5.32 Å². The van der Waals surface area contributed by atoms with Gasteiger partial charge in [-0.2, -0.15) is 0 Å². The third-order valence-electron chi connectivity index (χ3n) is 3.54. The summed E-state index contributed by atoms with van der Waals surface area (Å²) in [6.07, 6.45) is 3.65. The van der Waals surface area contributed by atoms with Gasteiger partial charge in [0, 0.05) is 11.6 Å². The van der Waals surface area contributed by atoms with E-state index < -0.39 is 0 Å². The van der Waals surface area contributed by atoms with Crippen LogP contribution >= 0.6 is 22.9 Å². The van der Waals surface area contributed by atoms with E-state index in [9.17, 15) is 4.79 Å². The maximum Gasteiger partial charge on any atom is 0.267 e. The van der Waals surface area contributed by atoms with Crippen LogP contribution in [0.3, 0.4) is 0 Å². The van der Waals surface area contributed by atoms with E-state index in [0.717, 1.165) is 27.3 Å². The van der Waals surface area contributed by atoms with Crippen molar-refractivity contribution in [3.63, 3.8) is 0 Å². The van der Waals surface area contributed by atoms with Crippen LogP contribution in [0.4, 0.5) is 5.82 Å². The zero-order valence-corrected chi connectivity index (χ0v) is 14.4. The molecule has 0 radical (unpaired) electrons. The number of nitrogens with zero attached hydrogens (tertiary/aromatic N) is 4. The largest absolute Gasteiger partial charge is 0.305 e. The third kappa shape index (κ3) is 2.61. The van der Waals surface area contributed by atoms with Crippen molar-refractivity contribution >= 4 is 50.5 Å². The molecule has 0 aliphatic rings. The Balaban J connectivity index is 1.67. The van der Waals surface area contributed by atoms with Gasteiger partial charge in [-0.05, 0) is 32.0 Å². The van der Waals surface area contributed by atoms with Crippen LogP contribution in [-0.2, 0) is 0 Å². The van der Waals surface area contributed by atoms with Crippen LogP contribution in [0.1, 0.15) is 21.1 Å². The SMILES string of the molecule is Cc1cn2cc(NC(=O)c3cc4ccc(Cl)nc4s3)nc(C)c2n1. The van der Waals surface area contributed by atoms with E-state index in [-0.39, 0.29) is 5.91 Å². The van der Waals surface area contributed by atoms with E-state index in [1.54, 1.807) is 18.3 Å². The van der Waals surface area contributed by atoms with Gasteiger partial charge in [0.05, 0.1) is 22.5 Å². The first kappa shape index (κ1) is 15.0. The van der Waals surface area contributed by atoms with E-state index in [2.05, 4.69) is 20.3 Å². The molecule has 4 aromatic rings. The number of halogens is 1. The smallest absolute Gasteiger partial charge is 0.267 e. The minimum absolute atomic E-state index is 0.225. The minimum Gasteiger partial charge on any atom is -0.305 e. The lowest BCUT2D eigenvalue weighted by Gasteiger charge is -2.05. The van der Waals surface area contributed by atoms with E-state index in [0.29, 0.717) is 15.8 Å². The highest BCUT2D eigenvalue weighted by atomic mass is 35.5. The number of aromatic nitrogens is 4. The number of rotatable bonds is 2. The maximum absolute atomic E-state index is 12.5. The van der Waals surface area contributed by atoms with Gasteiger partial charge >= 0.3 is 0 Å². The Bertz CT molecular complexity index is 1100. The number of anilines is 1. The van der Waals surface area contributed by atoms with Crippen molar-refractivity contribution in [2.24, 2.45) is 0 Å². The Morgan fingerprint density at radius 1 is 1.21 bits per heavy atom. The first-order valence-electron chi connectivity index (χ1n) is 7.20. The molecule has 8 heteroatoms. The summed E-state index contributed by atoms with van der Waals surface area (Å²) in [6.45, 7) is 3.78. The second kappa shape index (κ2) is 5.54.